The number of thiophene rings is 1. The normalized spacial score (nSPS) is 21.8. The molecule has 2 fully saturated rings. The molecule has 2 aliphatic heterocycles. The molecule has 0 spiro atoms. The number of rotatable bonds is 5. The summed E-state index contributed by atoms with van der Waals surface area (Å²) in [7, 11) is -3.70. The van der Waals surface area contributed by atoms with E-state index < -0.39 is 10.0 Å². The monoisotopic (exact) mass is 473 g/mol. The first-order valence-corrected chi connectivity index (χ1v) is 13.5. The quantitative estimate of drug-likeness (QED) is 0.723. The lowest BCUT2D eigenvalue weighted by molar-refractivity contribution is -0.126. The van der Waals surface area contributed by atoms with Crippen LogP contribution in [0.1, 0.15) is 46.5 Å². The van der Waals surface area contributed by atoms with Gasteiger partial charge in [-0.2, -0.15) is 4.31 Å². The van der Waals surface area contributed by atoms with Crippen LogP contribution >= 0.6 is 11.3 Å². The summed E-state index contributed by atoms with van der Waals surface area (Å²) in [5.74, 6) is -0.391. The van der Waals surface area contributed by atoms with Gasteiger partial charge in [0.2, 0.25) is 15.9 Å². The number of sulfonamides is 1. The van der Waals surface area contributed by atoms with Crippen LogP contribution in [0.4, 0.5) is 0 Å². The van der Waals surface area contributed by atoms with Gasteiger partial charge in [0, 0.05) is 42.7 Å². The van der Waals surface area contributed by atoms with E-state index in [9.17, 15) is 18.0 Å². The fourth-order valence-electron chi connectivity index (χ4n) is 4.47. The SMILES string of the molecule is O=C(NC1CC1)C1CCCN(C(=O)c2cccc(S(=O)(=O)N3CCc4sccc4C3)c2)C1. The second-order valence-corrected chi connectivity index (χ2v) is 11.8. The lowest BCUT2D eigenvalue weighted by atomic mass is 9.96. The van der Waals surface area contributed by atoms with Gasteiger partial charge >= 0.3 is 0 Å². The van der Waals surface area contributed by atoms with Crippen molar-refractivity contribution in [1.29, 1.82) is 0 Å². The highest BCUT2D eigenvalue weighted by molar-refractivity contribution is 7.89. The van der Waals surface area contributed by atoms with E-state index in [4.69, 9.17) is 0 Å². The summed E-state index contributed by atoms with van der Waals surface area (Å²) in [4.78, 5) is 28.7. The molecule has 3 aliphatic rings. The summed E-state index contributed by atoms with van der Waals surface area (Å²) in [6.07, 6.45) is 4.32. The van der Waals surface area contributed by atoms with Gasteiger partial charge < -0.3 is 10.2 Å². The molecule has 7 nitrogen and oxygen atoms in total. The number of benzene rings is 1. The number of hydrogen-bond acceptors (Lipinski definition) is 5. The number of piperidine rings is 1. The highest BCUT2D eigenvalue weighted by atomic mass is 32.2. The first kappa shape index (κ1) is 21.6. The zero-order valence-corrected chi connectivity index (χ0v) is 19.5. The third-order valence-corrected chi connectivity index (χ3v) is 9.36. The second kappa shape index (κ2) is 8.61. The number of nitrogens with zero attached hydrogens (tertiary/aromatic N) is 2. The van der Waals surface area contributed by atoms with Gasteiger partial charge in [-0.25, -0.2) is 8.42 Å². The van der Waals surface area contributed by atoms with Crippen molar-refractivity contribution in [3.63, 3.8) is 0 Å². The number of hydrogen-bond donors (Lipinski definition) is 1. The molecule has 1 aromatic heterocycles. The van der Waals surface area contributed by atoms with Crippen LogP contribution in [-0.2, 0) is 27.8 Å². The molecule has 5 rings (SSSR count). The first-order chi connectivity index (χ1) is 15.4. The summed E-state index contributed by atoms with van der Waals surface area (Å²) < 4.78 is 28.0. The molecule has 0 bridgehead atoms. The Morgan fingerprint density at radius 2 is 1.94 bits per heavy atom. The van der Waals surface area contributed by atoms with Gasteiger partial charge in [-0.3, -0.25) is 9.59 Å². The maximum atomic E-state index is 13.3. The average molecular weight is 474 g/mol. The summed E-state index contributed by atoms with van der Waals surface area (Å²) in [5.41, 5.74) is 1.41. The fraction of sp³-hybridized carbons (Fsp3) is 0.478. The van der Waals surface area contributed by atoms with Gasteiger partial charge in [0.05, 0.1) is 10.8 Å². The molecule has 2 aromatic rings. The Morgan fingerprint density at radius 1 is 1.09 bits per heavy atom. The van der Waals surface area contributed by atoms with Crippen LogP contribution < -0.4 is 5.32 Å². The fourth-order valence-corrected chi connectivity index (χ4v) is 6.83. The standard InChI is InChI=1S/C23H27N3O4S2/c27-22(24-19-6-7-19)18-4-2-10-25(14-18)23(28)16-3-1-5-20(13-16)32(29,30)26-11-8-21-17(15-26)9-12-31-21/h1,3,5,9,12-13,18-19H,2,4,6-8,10-11,14-15H2,(H,24,27). The molecule has 1 aromatic carbocycles. The van der Waals surface area contributed by atoms with E-state index in [2.05, 4.69) is 5.32 Å². The highest BCUT2D eigenvalue weighted by Gasteiger charge is 2.33. The number of likely N-dealkylation sites (tertiary alicyclic amines) is 1. The molecule has 1 unspecified atom stereocenters. The molecule has 1 atom stereocenters. The van der Waals surface area contributed by atoms with Crippen LogP contribution in [-0.4, -0.2) is 55.1 Å². The van der Waals surface area contributed by atoms with Crippen LogP contribution in [0, 0.1) is 5.92 Å². The molecule has 1 aliphatic carbocycles. The van der Waals surface area contributed by atoms with Crippen molar-refractivity contribution < 1.29 is 18.0 Å². The van der Waals surface area contributed by atoms with Gasteiger partial charge in [-0.15, -0.1) is 11.3 Å². The molecular weight excluding hydrogens is 446 g/mol. The lowest BCUT2D eigenvalue weighted by Crippen LogP contribution is -2.45. The van der Waals surface area contributed by atoms with Crippen LogP contribution in [0.2, 0.25) is 0 Å². The van der Waals surface area contributed by atoms with Gasteiger partial charge in [-0.1, -0.05) is 6.07 Å². The van der Waals surface area contributed by atoms with Crippen molar-refractivity contribution in [3.8, 4) is 0 Å². The Kier molecular flexibility index (Phi) is 5.81. The van der Waals surface area contributed by atoms with E-state index in [1.807, 2.05) is 11.4 Å². The number of carbonyl (C=O) groups excluding carboxylic acids is 2. The maximum Gasteiger partial charge on any atom is 0.253 e. The Hall–Kier alpha value is -2.23. The van der Waals surface area contributed by atoms with Gasteiger partial charge in [0.25, 0.3) is 5.91 Å². The average Bonchev–Trinajstić information content (AvgIpc) is 3.50. The molecular formula is C23H27N3O4S2. The maximum absolute atomic E-state index is 13.3. The summed E-state index contributed by atoms with van der Waals surface area (Å²) >= 11 is 1.66. The lowest BCUT2D eigenvalue weighted by Gasteiger charge is -2.32. The van der Waals surface area contributed by atoms with Crippen molar-refractivity contribution in [3.05, 3.63) is 51.7 Å². The van der Waals surface area contributed by atoms with Crippen LogP contribution in [0.25, 0.3) is 0 Å². The van der Waals surface area contributed by atoms with Gasteiger partial charge in [-0.05, 0) is 67.3 Å². The van der Waals surface area contributed by atoms with Crippen molar-refractivity contribution >= 4 is 33.2 Å². The van der Waals surface area contributed by atoms with Gasteiger partial charge in [0.1, 0.15) is 0 Å². The molecule has 3 heterocycles. The van der Waals surface area contributed by atoms with E-state index in [1.165, 1.54) is 15.2 Å². The molecule has 1 saturated carbocycles. The molecule has 1 N–H and O–H groups in total. The predicted octanol–water partition coefficient (Wildman–Crippen LogP) is 2.63. The summed E-state index contributed by atoms with van der Waals surface area (Å²) in [5, 5.41) is 5.03. The Labute approximate surface area is 192 Å². The zero-order chi connectivity index (χ0) is 22.3. The largest absolute Gasteiger partial charge is 0.353 e. The minimum atomic E-state index is -3.70. The Morgan fingerprint density at radius 3 is 2.75 bits per heavy atom. The van der Waals surface area contributed by atoms with E-state index in [0.29, 0.717) is 44.2 Å². The molecule has 0 radical (unpaired) electrons. The third kappa shape index (κ3) is 4.33. The topological polar surface area (TPSA) is 86.8 Å². The predicted molar refractivity (Wildman–Crippen MR) is 122 cm³/mol. The smallest absolute Gasteiger partial charge is 0.253 e. The number of carbonyl (C=O) groups is 2. The minimum absolute atomic E-state index is 0.0271. The van der Waals surface area contributed by atoms with Crippen molar-refractivity contribution in [1.82, 2.24) is 14.5 Å². The zero-order valence-electron chi connectivity index (χ0n) is 17.8. The van der Waals surface area contributed by atoms with Crippen LogP contribution in [0.15, 0.2) is 40.6 Å². The van der Waals surface area contributed by atoms with Crippen molar-refractivity contribution in [2.45, 2.75) is 49.6 Å². The minimum Gasteiger partial charge on any atom is -0.353 e. The number of nitrogens with one attached hydrogen (secondary N) is 1. The highest BCUT2D eigenvalue weighted by Crippen LogP contribution is 2.29. The molecule has 2 amide bonds. The Balaban J connectivity index is 1.31. The van der Waals surface area contributed by atoms with E-state index in [-0.39, 0.29) is 22.6 Å². The summed E-state index contributed by atoms with van der Waals surface area (Å²) in [6, 6.07) is 8.60. The van der Waals surface area contributed by atoms with Crippen LogP contribution in [0.5, 0.6) is 0 Å². The van der Waals surface area contributed by atoms with Gasteiger partial charge in [0.15, 0.2) is 0 Å². The molecule has 170 valence electrons. The van der Waals surface area contributed by atoms with Crippen LogP contribution in [0.3, 0.4) is 0 Å². The van der Waals surface area contributed by atoms with E-state index in [1.54, 1.807) is 34.4 Å². The Bertz CT molecular complexity index is 1140. The first-order valence-electron chi connectivity index (χ1n) is 11.2. The van der Waals surface area contributed by atoms with E-state index >= 15 is 0 Å². The van der Waals surface area contributed by atoms with Crippen molar-refractivity contribution in [2.24, 2.45) is 5.92 Å². The molecule has 1 saturated heterocycles. The third-order valence-electron chi connectivity index (χ3n) is 6.49. The number of amides is 2. The summed E-state index contributed by atoms with van der Waals surface area (Å²) in [6.45, 7) is 1.76. The van der Waals surface area contributed by atoms with Crippen molar-refractivity contribution in [2.75, 3.05) is 19.6 Å². The molecule has 32 heavy (non-hydrogen) atoms. The molecule has 9 heteroatoms. The van der Waals surface area contributed by atoms with E-state index in [0.717, 1.165) is 31.2 Å². The number of fused-ring (bicyclic) bond motifs is 1. The second-order valence-electron chi connectivity index (χ2n) is 8.86.